The van der Waals surface area contributed by atoms with E-state index in [-0.39, 0.29) is 11.3 Å². The van der Waals surface area contributed by atoms with E-state index in [4.69, 9.17) is 0 Å². The smallest absolute Gasteiger partial charge is 0.343 e. The number of aryl methyl sites for hydroxylation is 2. The van der Waals surface area contributed by atoms with Crippen LogP contribution in [0.25, 0.3) is 0 Å². The lowest BCUT2D eigenvalue weighted by molar-refractivity contribution is 0.0593. The number of hydrogen-bond donors (Lipinski definition) is 0. The lowest BCUT2D eigenvalue weighted by Gasteiger charge is -2.07. The number of methoxy groups -OCH3 is 1. The quantitative estimate of drug-likeness (QED) is 0.715. The summed E-state index contributed by atoms with van der Waals surface area (Å²) in [6.07, 6.45) is 1.23. The minimum absolute atomic E-state index is 0.0669. The standard InChI is InChI=1S/C11H14NO3/c1-4-7-6-9(13)10(11(14)15-3)8(5-2)12-7/h6H,4-5H2,1-3H3. The zero-order valence-electron chi connectivity index (χ0n) is 9.16. The molecule has 0 spiro atoms. The normalized spacial score (nSPS) is 10.1. The third kappa shape index (κ3) is 2.26. The molecule has 0 saturated heterocycles. The van der Waals surface area contributed by atoms with Crippen molar-refractivity contribution in [1.29, 1.82) is 0 Å². The van der Waals surface area contributed by atoms with Crippen molar-refractivity contribution < 1.29 is 14.6 Å². The van der Waals surface area contributed by atoms with Gasteiger partial charge in [0.1, 0.15) is 5.56 Å². The number of carbonyl (C=O) groups is 1. The second-order valence-corrected chi connectivity index (χ2v) is 3.13. The van der Waals surface area contributed by atoms with Crippen LogP contribution in [-0.2, 0) is 22.7 Å². The van der Waals surface area contributed by atoms with Crippen LogP contribution >= 0.6 is 0 Å². The summed E-state index contributed by atoms with van der Waals surface area (Å²) >= 11 is 0. The average molecular weight is 208 g/mol. The molecule has 0 amide bonds. The Morgan fingerprint density at radius 1 is 1.40 bits per heavy atom. The summed E-state index contributed by atoms with van der Waals surface area (Å²) in [6, 6.07) is 1.39. The molecule has 81 valence electrons. The summed E-state index contributed by atoms with van der Waals surface area (Å²) in [5, 5.41) is 11.6. The Balaban J connectivity index is 3.30. The van der Waals surface area contributed by atoms with Gasteiger partial charge in [0.05, 0.1) is 12.8 Å². The molecule has 4 heteroatoms. The topological polar surface area (TPSA) is 59.1 Å². The molecule has 1 radical (unpaired) electrons. The fourth-order valence-electron chi connectivity index (χ4n) is 1.38. The Morgan fingerprint density at radius 2 is 2.07 bits per heavy atom. The molecule has 1 aromatic heterocycles. The number of ether oxygens (including phenoxy) is 1. The van der Waals surface area contributed by atoms with Crippen LogP contribution in [0, 0.1) is 0 Å². The van der Waals surface area contributed by atoms with E-state index in [1.54, 1.807) is 0 Å². The molecule has 0 unspecified atom stereocenters. The molecule has 0 aliphatic carbocycles. The van der Waals surface area contributed by atoms with Crippen molar-refractivity contribution in [1.82, 2.24) is 4.98 Å². The van der Waals surface area contributed by atoms with Gasteiger partial charge in [-0.05, 0) is 12.8 Å². The molecule has 15 heavy (non-hydrogen) atoms. The van der Waals surface area contributed by atoms with Crippen LogP contribution in [-0.4, -0.2) is 18.1 Å². The Labute approximate surface area is 88.9 Å². The molecule has 1 heterocycles. The summed E-state index contributed by atoms with van der Waals surface area (Å²) < 4.78 is 4.55. The minimum atomic E-state index is -0.605. The van der Waals surface area contributed by atoms with Crippen molar-refractivity contribution in [3.8, 4) is 5.75 Å². The highest BCUT2D eigenvalue weighted by molar-refractivity contribution is 5.93. The van der Waals surface area contributed by atoms with Gasteiger partial charge in [-0.3, -0.25) is 10.1 Å². The average Bonchev–Trinajstić information content (AvgIpc) is 2.26. The van der Waals surface area contributed by atoms with E-state index < -0.39 is 5.97 Å². The maximum atomic E-state index is 11.6. The lowest BCUT2D eigenvalue weighted by Crippen LogP contribution is -2.08. The molecule has 0 N–H and O–H groups in total. The van der Waals surface area contributed by atoms with E-state index in [1.807, 2.05) is 13.8 Å². The van der Waals surface area contributed by atoms with Gasteiger partial charge in [-0.25, -0.2) is 4.79 Å². The molecule has 0 aliphatic heterocycles. The van der Waals surface area contributed by atoms with E-state index in [9.17, 15) is 9.90 Å². The van der Waals surface area contributed by atoms with Crippen LogP contribution < -0.4 is 0 Å². The van der Waals surface area contributed by atoms with Gasteiger partial charge in [0.15, 0.2) is 5.75 Å². The number of esters is 1. The number of aromatic nitrogens is 1. The molecular weight excluding hydrogens is 194 g/mol. The van der Waals surface area contributed by atoms with Gasteiger partial charge in [-0.2, -0.15) is 0 Å². The highest BCUT2D eigenvalue weighted by atomic mass is 16.5. The van der Waals surface area contributed by atoms with E-state index in [1.165, 1.54) is 13.2 Å². The molecule has 0 aliphatic rings. The monoisotopic (exact) mass is 208 g/mol. The first-order valence-corrected chi connectivity index (χ1v) is 4.92. The predicted octanol–water partition coefficient (Wildman–Crippen LogP) is 2.14. The van der Waals surface area contributed by atoms with Gasteiger partial charge >= 0.3 is 5.97 Å². The molecule has 0 bridgehead atoms. The summed E-state index contributed by atoms with van der Waals surface area (Å²) in [5.41, 5.74) is 1.30. The zero-order chi connectivity index (χ0) is 11.4. The van der Waals surface area contributed by atoms with Gasteiger partial charge < -0.3 is 4.74 Å². The summed E-state index contributed by atoms with van der Waals surface area (Å²) in [5.74, 6) is -0.905. The molecule has 4 nitrogen and oxygen atoms in total. The Bertz CT molecular complexity index is 374. The van der Waals surface area contributed by atoms with E-state index in [2.05, 4.69) is 9.72 Å². The third-order valence-electron chi connectivity index (χ3n) is 2.20. The minimum Gasteiger partial charge on any atom is -0.465 e. The van der Waals surface area contributed by atoms with Crippen LogP contribution in [0.1, 0.15) is 35.6 Å². The molecule has 0 atom stereocenters. The Morgan fingerprint density at radius 3 is 2.53 bits per heavy atom. The Kier molecular flexibility index (Phi) is 3.66. The fourth-order valence-corrected chi connectivity index (χ4v) is 1.38. The van der Waals surface area contributed by atoms with Crippen LogP contribution in [0.2, 0.25) is 0 Å². The number of rotatable bonds is 3. The van der Waals surface area contributed by atoms with Crippen molar-refractivity contribution in [3.05, 3.63) is 23.0 Å². The van der Waals surface area contributed by atoms with E-state index >= 15 is 0 Å². The maximum absolute atomic E-state index is 11.6. The zero-order valence-corrected chi connectivity index (χ0v) is 9.16. The van der Waals surface area contributed by atoms with Crippen molar-refractivity contribution >= 4 is 5.97 Å². The first kappa shape index (κ1) is 11.5. The number of nitrogens with zero attached hydrogens (tertiary/aromatic N) is 1. The molecular formula is C11H14NO3. The van der Waals surface area contributed by atoms with E-state index in [0.29, 0.717) is 24.2 Å². The number of pyridine rings is 1. The summed E-state index contributed by atoms with van der Waals surface area (Å²) in [7, 11) is 1.26. The van der Waals surface area contributed by atoms with Gasteiger partial charge in [0.2, 0.25) is 0 Å². The molecule has 0 fully saturated rings. The SMILES string of the molecule is CCc1cc([O])c(C(=O)OC)c(CC)n1. The van der Waals surface area contributed by atoms with Crippen LogP contribution in [0.4, 0.5) is 0 Å². The Hall–Kier alpha value is -1.58. The van der Waals surface area contributed by atoms with Gasteiger partial charge in [-0.1, -0.05) is 13.8 Å². The van der Waals surface area contributed by atoms with Gasteiger partial charge in [0.25, 0.3) is 0 Å². The van der Waals surface area contributed by atoms with Crippen LogP contribution in [0.15, 0.2) is 6.07 Å². The second kappa shape index (κ2) is 4.77. The van der Waals surface area contributed by atoms with Crippen molar-refractivity contribution in [2.45, 2.75) is 26.7 Å². The van der Waals surface area contributed by atoms with Gasteiger partial charge in [0, 0.05) is 11.8 Å². The third-order valence-corrected chi connectivity index (χ3v) is 2.20. The lowest BCUT2D eigenvalue weighted by atomic mass is 10.1. The van der Waals surface area contributed by atoms with Crippen molar-refractivity contribution in [2.75, 3.05) is 7.11 Å². The van der Waals surface area contributed by atoms with Crippen LogP contribution in [0.5, 0.6) is 5.75 Å². The number of carbonyl (C=O) groups excluding carboxylic acids is 1. The summed E-state index contributed by atoms with van der Waals surface area (Å²) in [6.45, 7) is 3.77. The van der Waals surface area contributed by atoms with Crippen LogP contribution in [0.3, 0.4) is 0 Å². The van der Waals surface area contributed by atoms with Crippen molar-refractivity contribution in [3.63, 3.8) is 0 Å². The summed E-state index contributed by atoms with van der Waals surface area (Å²) in [4.78, 5) is 15.6. The van der Waals surface area contributed by atoms with Gasteiger partial charge in [-0.15, -0.1) is 0 Å². The first-order chi connectivity index (χ1) is 7.13. The van der Waals surface area contributed by atoms with Crippen molar-refractivity contribution in [2.24, 2.45) is 0 Å². The maximum Gasteiger partial charge on any atom is 0.343 e. The molecule has 1 aromatic rings. The molecule has 0 aromatic carbocycles. The highest BCUT2D eigenvalue weighted by Gasteiger charge is 2.19. The second-order valence-electron chi connectivity index (χ2n) is 3.13. The fraction of sp³-hybridized carbons (Fsp3) is 0.455. The highest BCUT2D eigenvalue weighted by Crippen LogP contribution is 2.23. The predicted molar refractivity (Wildman–Crippen MR) is 54.5 cm³/mol. The largest absolute Gasteiger partial charge is 0.465 e. The van der Waals surface area contributed by atoms with E-state index in [0.717, 1.165) is 0 Å². The first-order valence-electron chi connectivity index (χ1n) is 4.92. The number of hydrogen-bond acceptors (Lipinski definition) is 3. The molecule has 0 saturated carbocycles. The molecule has 1 rings (SSSR count).